The zero-order valence-electron chi connectivity index (χ0n) is 12.8. The van der Waals surface area contributed by atoms with E-state index in [2.05, 4.69) is 19.7 Å². The summed E-state index contributed by atoms with van der Waals surface area (Å²) in [7, 11) is -3.30. The molecule has 0 spiro atoms. The first-order valence-electron chi connectivity index (χ1n) is 6.54. The second-order valence-corrected chi connectivity index (χ2v) is 6.29. The van der Waals surface area contributed by atoms with Crippen LogP contribution in [0.4, 0.5) is 19.5 Å². The summed E-state index contributed by atoms with van der Waals surface area (Å²) >= 11 is 5.59. The molecule has 14 heteroatoms. The summed E-state index contributed by atoms with van der Waals surface area (Å²) < 4.78 is 59.7. The summed E-state index contributed by atoms with van der Waals surface area (Å²) in [6.07, 6.45) is 0. The van der Waals surface area contributed by atoms with Crippen LogP contribution in [0.3, 0.4) is 0 Å². The number of methoxy groups -OCH3 is 1. The van der Waals surface area contributed by atoms with E-state index in [1.165, 1.54) is 19.2 Å². The molecule has 0 saturated carbocycles. The van der Waals surface area contributed by atoms with E-state index >= 15 is 0 Å². The number of urea groups is 1. The van der Waals surface area contributed by atoms with Gasteiger partial charge in [-0.15, -0.1) is 0 Å². The Kier molecular flexibility index (Phi) is 6.05. The Balaban J connectivity index is 2.19. The third-order valence-corrected chi connectivity index (χ3v) is 4.12. The van der Waals surface area contributed by atoms with Crippen LogP contribution in [-0.2, 0) is 10.0 Å². The summed E-state index contributed by atoms with van der Waals surface area (Å²) in [6, 6.07) is 3.04. The lowest BCUT2D eigenvalue weighted by Gasteiger charge is -2.12. The number of alkyl halides is 2. The number of ether oxygens (including phenoxy) is 2. The molecular weight excluding hydrogens is 400 g/mol. The predicted molar refractivity (Wildman–Crippen MR) is 83.8 cm³/mol. The van der Waals surface area contributed by atoms with E-state index in [-0.39, 0.29) is 11.3 Å². The van der Waals surface area contributed by atoms with E-state index < -0.39 is 39.3 Å². The summed E-state index contributed by atoms with van der Waals surface area (Å²) in [6.45, 7) is -3.25. The standard InChI is InChI=1S/C12H10ClF2N5O5S/c1-24-12-17-8(13)16-10(19-12)18-11(21)20-26(22,23)7-5-3-2-4-6(7)25-9(14)15/h2-5,9H,1H3,(H2,16,17,18,19,20,21). The first-order chi connectivity index (χ1) is 12.2. The number of hydrogen-bond acceptors (Lipinski definition) is 8. The lowest BCUT2D eigenvalue weighted by molar-refractivity contribution is -0.0517. The van der Waals surface area contributed by atoms with Crippen molar-refractivity contribution in [2.45, 2.75) is 11.5 Å². The molecule has 0 saturated heterocycles. The van der Waals surface area contributed by atoms with Gasteiger partial charge in [-0.2, -0.15) is 23.7 Å². The Morgan fingerprint density at radius 2 is 1.92 bits per heavy atom. The van der Waals surface area contributed by atoms with E-state index in [0.29, 0.717) is 0 Å². The molecule has 140 valence electrons. The number of halogens is 3. The van der Waals surface area contributed by atoms with Crippen LogP contribution in [0.5, 0.6) is 11.8 Å². The molecule has 1 aromatic heterocycles. The van der Waals surface area contributed by atoms with Gasteiger partial charge in [0.05, 0.1) is 7.11 Å². The van der Waals surface area contributed by atoms with Crippen molar-refractivity contribution < 1.29 is 31.5 Å². The van der Waals surface area contributed by atoms with Gasteiger partial charge in [-0.3, -0.25) is 5.32 Å². The van der Waals surface area contributed by atoms with Gasteiger partial charge < -0.3 is 9.47 Å². The van der Waals surface area contributed by atoms with Gasteiger partial charge in [0.15, 0.2) is 0 Å². The number of anilines is 1. The number of carbonyl (C=O) groups excluding carboxylic acids is 1. The van der Waals surface area contributed by atoms with Crippen molar-refractivity contribution in [1.82, 2.24) is 19.7 Å². The lowest BCUT2D eigenvalue weighted by Crippen LogP contribution is -2.35. The molecule has 0 unspecified atom stereocenters. The normalized spacial score (nSPS) is 11.1. The average Bonchev–Trinajstić information content (AvgIpc) is 2.53. The third-order valence-electron chi connectivity index (χ3n) is 2.58. The van der Waals surface area contributed by atoms with Crippen LogP contribution in [0.2, 0.25) is 5.28 Å². The Morgan fingerprint density at radius 3 is 2.58 bits per heavy atom. The summed E-state index contributed by atoms with van der Waals surface area (Å²) in [5.74, 6) is -1.03. The van der Waals surface area contributed by atoms with Crippen LogP contribution in [0.1, 0.15) is 0 Å². The number of nitrogens with one attached hydrogen (secondary N) is 2. The first-order valence-corrected chi connectivity index (χ1v) is 8.40. The molecular formula is C12H10ClF2N5O5S. The first kappa shape index (κ1) is 19.5. The van der Waals surface area contributed by atoms with Gasteiger partial charge in [-0.05, 0) is 23.7 Å². The largest absolute Gasteiger partial charge is 0.467 e. The van der Waals surface area contributed by atoms with Crippen LogP contribution < -0.4 is 19.5 Å². The van der Waals surface area contributed by atoms with Crippen molar-refractivity contribution in [3.8, 4) is 11.8 Å². The number of rotatable bonds is 6. The number of nitrogens with zero attached hydrogens (tertiary/aromatic N) is 3. The van der Waals surface area contributed by atoms with E-state index in [9.17, 15) is 22.0 Å². The van der Waals surface area contributed by atoms with Gasteiger partial charge in [0.25, 0.3) is 10.0 Å². The van der Waals surface area contributed by atoms with E-state index in [4.69, 9.17) is 16.3 Å². The molecule has 0 fully saturated rings. The molecule has 2 amide bonds. The molecule has 0 radical (unpaired) electrons. The number of amides is 2. The van der Waals surface area contributed by atoms with Gasteiger partial charge in [0.2, 0.25) is 11.2 Å². The Hall–Kier alpha value is -2.80. The molecule has 0 aliphatic carbocycles. The summed E-state index contributed by atoms with van der Waals surface area (Å²) in [4.78, 5) is 22.0. The lowest BCUT2D eigenvalue weighted by atomic mass is 10.3. The minimum Gasteiger partial charge on any atom is -0.467 e. The van der Waals surface area contributed by atoms with Crippen molar-refractivity contribution in [3.05, 3.63) is 29.5 Å². The molecule has 10 nitrogen and oxygen atoms in total. The fourth-order valence-electron chi connectivity index (χ4n) is 1.65. The molecule has 0 aliphatic rings. The van der Waals surface area contributed by atoms with Gasteiger partial charge in [0.1, 0.15) is 10.6 Å². The smallest absolute Gasteiger partial charge is 0.387 e. The zero-order chi connectivity index (χ0) is 19.3. The van der Waals surface area contributed by atoms with E-state index in [0.717, 1.165) is 12.1 Å². The minimum absolute atomic E-state index is 0.223. The maximum atomic E-state index is 12.4. The Morgan fingerprint density at radius 1 is 1.23 bits per heavy atom. The molecule has 1 aromatic carbocycles. The van der Waals surface area contributed by atoms with Gasteiger partial charge in [-0.25, -0.2) is 17.9 Å². The number of hydrogen-bond donors (Lipinski definition) is 2. The topological polar surface area (TPSA) is 132 Å². The van der Waals surface area contributed by atoms with Crippen molar-refractivity contribution in [2.24, 2.45) is 0 Å². The van der Waals surface area contributed by atoms with Crippen LogP contribution in [0.15, 0.2) is 29.2 Å². The monoisotopic (exact) mass is 409 g/mol. The SMILES string of the molecule is COc1nc(Cl)nc(NC(=O)NS(=O)(=O)c2ccccc2OC(F)F)n1. The summed E-state index contributed by atoms with van der Waals surface area (Å²) in [5.41, 5.74) is 0. The number of aromatic nitrogens is 3. The molecule has 1 heterocycles. The maximum absolute atomic E-state index is 12.4. The highest BCUT2D eigenvalue weighted by atomic mass is 35.5. The predicted octanol–water partition coefficient (Wildman–Crippen LogP) is 1.65. The third kappa shape index (κ3) is 5.10. The van der Waals surface area contributed by atoms with Crippen molar-refractivity contribution in [2.75, 3.05) is 12.4 Å². The average molecular weight is 410 g/mol. The summed E-state index contributed by atoms with van der Waals surface area (Å²) in [5, 5.41) is 1.68. The highest BCUT2D eigenvalue weighted by Crippen LogP contribution is 2.24. The fourth-order valence-corrected chi connectivity index (χ4v) is 2.84. The number of para-hydroxylation sites is 1. The second kappa shape index (κ2) is 8.05. The van der Waals surface area contributed by atoms with Crippen molar-refractivity contribution in [1.29, 1.82) is 0 Å². The maximum Gasteiger partial charge on any atom is 0.387 e. The fraction of sp³-hybridized carbons (Fsp3) is 0.167. The van der Waals surface area contributed by atoms with Gasteiger partial charge in [0, 0.05) is 0 Å². The Bertz CT molecular complexity index is 915. The molecule has 0 aliphatic heterocycles. The van der Waals surface area contributed by atoms with Gasteiger partial charge >= 0.3 is 18.7 Å². The van der Waals surface area contributed by atoms with Crippen molar-refractivity contribution >= 4 is 33.6 Å². The van der Waals surface area contributed by atoms with E-state index in [1.807, 2.05) is 5.32 Å². The molecule has 2 rings (SSSR count). The zero-order valence-corrected chi connectivity index (χ0v) is 14.4. The molecule has 2 N–H and O–H groups in total. The van der Waals surface area contributed by atoms with Crippen molar-refractivity contribution in [3.63, 3.8) is 0 Å². The highest BCUT2D eigenvalue weighted by Gasteiger charge is 2.24. The molecule has 0 atom stereocenters. The van der Waals surface area contributed by atoms with Crippen LogP contribution >= 0.6 is 11.6 Å². The van der Waals surface area contributed by atoms with Gasteiger partial charge in [-0.1, -0.05) is 12.1 Å². The molecule has 26 heavy (non-hydrogen) atoms. The molecule has 2 aromatic rings. The Labute approximate surface area is 150 Å². The van der Waals surface area contributed by atoms with E-state index in [1.54, 1.807) is 4.72 Å². The highest BCUT2D eigenvalue weighted by molar-refractivity contribution is 7.90. The molecule has 0 bridgehead atoms. The van der Waals surface area contributed by atoms with Crippen LogP contribution in [0.25, 0.3) is 0 Å². The second-order valence-electron chi connectivity index (χ2n) is 4.30. The quantitative estimate of drug-likeness (QED) is 0.735. The number of sulfonamides is 1. The number of carbonyl (C=O) groups is 1. The van der Waals surface area contributed by atoms with Crippen LogP contribution in [0, 0.1) is 0 Å². The minimum atomic E-state index is -4.54. The number of benzene rings is 1. The van der Waals surface area contributed by atoms with Crippen LogP contribution in [-0.4, -0.2) is 43.1 Å².